The predicted molar refractivity (Wildman–Crippen MR) is 192 cm³/mol. The zero-order valence-electron chi connectivity index (χ0n) is 25.9. The van der Waals surface area contributed by atoms with Crippen LogP contribution in [0.5, 0.6) is 0 Å². The van der Waals surface area contributed by atoms with Gasteiger partial charge in [0.15, 0.2) is 0 Å². The highest BCUT2D eigenvalue weighted by atomic mass is 15.1. The van der Waals surface area contributed by atoms with Gasteiger partial charge in [-0.25, -0.2) is 0 Å². The van der Waals surface area contributed by atoms with Crippen LogP contribution in [-0.2, 0) is 5.41 Å². The van der Waals surface area contributed by atoms with Crippen molar-refractivity contribution in [1.82, 2.24) is 0 Å². The topological polar surface area (TPSA) is 3.24 Å². The van der Waals surface area contributed by atoms with E-state index in [1.165, 1.54) is 61.3 Å². The van der Waals surface area contributed by atoms with E-state index in [1.54, 1.807) is 0 Å². The van der Waals surface area contributed by atoms with Crippen molar-refractivity contribution in [1.29, 1.82) is 0 Å². The molecule has 8 rings (SSSR count). The van der Waals surface area contributed by atoms with Gasteiger partial charge in [-0.2, -0.15) is 0 Å². The number of rotatable bonds is 7. The Morgan fingerprint density at radius 1 is 0.413 bits per heavy atom. The minimum atomic E-state index is -0.426. The van der Waals surface area contributed by atoms with Crippen LogP contribution in [0.2, 0.25) is 0 Å². The summed E-state index contributed by atoms with van der Waals surface area (Å²) in [6.45, 7) is 0. The summed E-state index contributed by atoms with van der Waals surface area (Å²) in [5.41, 5.74) is 13.5. The van der Waals surface area contributed by atoms with Crippen molar-refractivity contribution >= 4 is 5.69 Å². The molecule has 0 radical (unpaired) electrons. The Kier molecular flexibility index (Phi) is 7.08. The quantitative estimate of drug-likeness (QED) is 0.179. The molecule has 0 saturated carbocycles. The smallest absolute Gasteiger partial charge is 0.0792 e. The Hall–Kier alpha value is -5.66. The highest BCUT2D eigenvalue weighted by molar-refractivity contribution is 5.87. The molecule has 0 amide bonds. The molecular formula is C45H35N. The second-order valence-corrected chi connectivity index (χ2v) is 12.2. The molecule has 0 aromatic heterocycles. The van der Waals surface area contributed by atoms with Crippen LogP contribution in [0, 0.1) is 0 Å². The lowest BCUT2D eigenvalue weighted by molar-refractivity contribution is 0.758. The van der Waals surface area contributed by atoms with E-state index >= 15 is 0 Å². The van der Waals surface area contributed by atoms with Gasteiger partial charge >= 0.3 is 0 Å². The third-order valence-electron chi connectivity index (χ3n) is 9.69. The van der Waals surface area contributed by atoms with Gasteiger partial charge in [-0.3, -0.25) is 0 Å². The summed E-state index contributed by atoms with van der Waals surface area (Å²) < 4.78 is 0. The summed E-state index contributed by atoms with van der Waals surface area (Å²) >= 11 is 0. The molecule has 1 aliphatic rings. The minimum absolute atomic E-state index is 0.0377. The summed E-state index contributed by atoms with van der Waals surface area (Å²) in [5, 5.41) is 0. The minimum Gasteiger partial charge on any atom is -0.363 e. The molecule has 1 nitrogen and oxygen atoms in total. The van der Waals surface area contributed by atoms with Crippen molar-refractivity contribution in [2.75, 3.05) is 11.9 Å². The first-order chi connectivity index (χ1) is 22.7. The fraction of sp³-hybridized carbons (Fsp3) is 0.0667. The van der Waals surface area contributed by atoms with Gasteiger partial charge in [-0.15, -0.1) is 0 Å². The zero-order valence-corrected chi connectivity index (χ0v) is 25.9. The van der Waals surface area contributed by atoms with E-state index < -0.39 is 5.41 Å². The Morgan fingerprint density at radius 2 is 0.891 bits per heavy atom. The number of benzene rings is 7. The summed E-state index contributed by atoms with van der Waals surface area (Å²) in [6.07, 6.45) is 0. The summed E-state index contributed by atoms with van der Waals surface area (Å²) in [7, 11) is 2.24. The van der Waals surface area contributed by atoms with Gasteiger partial charge in [-0.1, -0.05) is 176 Å². The maximum atomic E-state index is 2.45. The largest absolute Gasteiger partial charge is 0.363 e. The molecule has 7 aromatic rings. The zero-order chi connectivity index (χ0) is 30.9. The van der Waals surface area contributed by atoms with Gasteiger partial charge in [0.2, 0.25) is 0 Å². The van der Waals surface area contributed by atoms with Crippen LogP contribution in [0.4, 0.5) is 5.69 Å². The molecular weight excluding hydrogens is 555 g/mol. The summed E-state index contributed by atoms with van der Waals surface area (Å²) in [6, 6.07) is 68.7. The van der Waals surface area contributed by atoms with Crippen LogP contribution in [-0.4, -0.2) is 7.05 Å². The van der Waals surface area contributed by atoms with Crippen LogP contribution in [0.3, 0.4) is 0 Å². The van der Waals surface area contributed by atoms with Gasteiger partial charge in [0.05, 0.1) is 11.5 Å². The van der Waals surface area contributed by atoms with E-state index in [0.29, 0.717) is 0 Å². The Morgan fingerprint density at radius 3 is 1.52 bits per heavy atom. The van der Waals surface area contributed by atoms with Crippen LogP contribution in [0.25, 0.3) is 22.3 Å². The van der Waals surface area contributed by atoms with Gasteiger partial charge in [0, 0.05) is 12.7 Å². The molecule has 1 heteroatoms. The second kappa shape index (κ2) is 11.7. The Bertz CT molecular complexity index is 2040. The number of hydrogen-bond donors (Lipinski definition) is 0. The molecule has 46 heavy (non-hydrogen) atoms. The third kappa shape index (κ3) is 4.55. The first-order valence-corrected chi connectivity index (χ1v) is 16.0. The maximum absolute atomic E-state index is 2.45. The molecule has 0 bridgehead atoms. The molecule has 7 aromatic carbocycles. The van der Waals surface area contributed by atoms with Crippen LogP contribution < -0.4 is 4.90 Å². The first kappa shape index (κ1) is 27.9. The van der Waals surface area contributed by atoms with Crippen molar-refractivity contribution in [3.8, 4) is 22.3 Å². The molecule has 0 aliphatic heterocycles. The molecule has 1 unspecified atom stereocenters. The number of hydrogen-bond acceptors (Lipinski definition) is 1. The van der Waals surface area contributed by atoms with E-state index in [1.807, 2.05) is 0 Å². The SMILES string of the molecule is CN(c1ccc2c(c1)C(c1ccccc1)(c1ccccc1)c1ccccc1-2)C(c1ccccc1)c1ccc(-c2ccccc2)cc1. The molecule has 1 atom stereocenters. The third-order valence-corrected chi connectivity index (χ3v) is 9.69. The maximum Gasteiger partial charge on any atom is 0.0792 e. The van der Waals surface area contributed by atoms with Gasteiger partial charge < -0.3 is 4.90 Å². The van der Waals surface area contributed by atoms with E-state index in [-0.39, 0.29) is 6.04 Å². The fourth-order valence-electron chi connectivity index (χ4n) is 7.56. The van der Waals surface area contributed by atoms with Crippen LogP contribution in [0.1, 0.15) is 39.4 Å². The molecule has 1 aliphatic carbocycles. The van der Waals surface area contributed by atoms with E-state index in [0.717, 1.165) is 0 Å². The van der Waals surface area contributed by atoms with Gasteiger partial charge in [0.1, 0.15) is 0 Å². The summed E-state index contributed by atoms with van der Waals surface area (Å²) in [5.74, 6) is 0. The van der Waals surface area contributed by atoms with Gasteiger partial charge in [-0.05, 0) is 67.8 Å². The standard InChI is InChI=1S/C45H35N/c1-46(44(35-18-8-3-9-19-35)36-28-26-34(27-29-36)33-16-6-2-7-17-33)39-30-31-41-40-24-14-15-25-42(40)45(43(41)32-39,37-20-10-4-11-21-37)38-22-12-5-13-23-38/h2-32,44H,1H3. The van der Waals surface area contributed by atoms with E-state index in [4.69, 9.17) is 0 Å². The van der Waals surface area contributed by atoms with Crippen molar-refractivity contribution < 1.29 is 0 Å². The Labute approximate surface area is 272 Å². The second-order valence-electron chi connectivity index (χ2n) is 12.2. The number of fused-ring (bicyclic) bond motifs is 3. The molecule has 220 valence electrons. The molecule has 0 spiro atoms. The van der Waals surface area contributed by atoms with E-state index in [9.17, 15) is 0 Å². The van der Waals surface area contributed by atoms with Crippen molar-refractivity contribution in [2.45, 2.75) is 11.5 Å². The highest BCUT2D eigenvalue weighted by Gasteiger charge is 2.46. The van der Waals surface area contributed by atoms with E-state index in [2.05, 4.69) is 200 Å². The lowest BCUT2D eigenvalue weighted by Gasteiger charge is -2.35. The lowest BCUT2D eigenvalue weighted by Crippen LogP contribution is -2.29. The molecule has 0 saturated heterocycles. The van der Waals surface area contributed by atoms with Crippen molar-refractivity contribution in [3.05, 3.63) is 221 Å². The number of nitrogens with zero attached hydrogens (tertiary/aromatic N) is 1. The van der Waals surface area contributed by atoms with Crippen molar-refractivity contribution in [3.63, 3.8) is 0 Å². The molecule has 0 N–H and O–H groups in total. The monoisotopic (exact) mass is 589 g/mol. The lowest BCUT2D eigenvalue weighted by atomic mass is 9.67. The molecule has 0 heterocycles. The fourth-order valence-corrected chi connectivity index (χ4v) is 7.56. The average molecular weight is 590 g/mol. The average Bonchev–Trinajstić information content (AvgIpc) is 3.44. The molecule has 0 fully saturated rings. The summed E-state index contributed by atoms with van der Waals surface area (Å²) in [4.78, 5) is 2.44. The van der Waals surface area contributed by atoms with Crippen molar-refractivity contribution in [2.24, 2.45) is 0 Å². The van der Waals surface area contributed by atoms with Crippen LogP contribution >= 0.6 is 0 Å². The Balaban J connectivity index is 1.30. The predicted octanol–water partition coefficient (Wildman–Crippen LogP) is 10.9. The van der Waals surface area contributed by atoms with Crippen LogP contribution in [0.15, 0.2) is 188 Å². The normalized spacial score (nSPS) is 13.4. The van der Waals surface area contributed by atoms with Gasteiger partial charge in [0.25, 0.3) is 0 Å². The number of anilines is 1. The first-order valence-electron chi connectivity index (χ1n) is 16.0. The highest BCUT2D eigenvalue weighted by Crippen LogP contribution is 2.56.